The van der Waals surface area contributed by atoms with Crippen LogP contribution in [0.25, 0.3) is 0 Å². The van der Waals surface area contributed by atoms with Crippen molar-refractivity contribution in [1.82, 2.24) is 0 Å². The molecule has 0 spiro atoms. The quantitative estimate of drug-likeness (QED) is 0.0804. The zero-order valence-corrected chi connectivity index (χ0v) is 34.9. The summed E-state index contributed by atoms with van der Waals surface area (Å²) in [4.78, 5) is 31.3. The SMILES string of the molecule is CCC(C)(C)c1cc(C)cc(C(C)(C)CC)c1C(O)(c1c(C(C)(C)CC)cc(C)cc1C(C)(C)CC)C(CO)(CO)CO.OP(O)OP(O)O. The fourth-order valence-corrected chi connectivity index (χ4v) is 6.99. The minimum Gasteiger partial charge on any atom is -0.395 e. The zero-order chi connectivity index (χ0) is 39.3. The van der Waals surface area contributed by atoms with Crippen LogP contribution in [0.3, 0.4) is 0 Å². The van der Waals surface area contributed by atoms with E-state index in [4.69, 9.17) is 19.6 Å². The van der Waals surface area contributed by atoms with Crippen LogP contribution < -0.4 is 0 Å². The van der Waals surface area contributed by atoms with Crippen LogP contribution in [0.4, 0.5) is 0 Å². The second kappa shape index (κ2) is 17.8. The molecule has 0 bridgehead atoms. The Hall–Kier alpha value is -1.06. The molecule has 0 aromatic heterocycles. The third-order valence-corrected chi connectivity index (χ3v) is 12.7. The number of aliphatic hydroxyl groups is 4. The molecule has 0 aliphatic heterocycles. The monoisotopic (exact) mass is 742 g/mol. The van der Waals surface area contributed by atoms with Crippen LogP contribution in [-0.4, -0.2) is 59.8 Å². The van der Waals surface area contributed by atoms with E-state index in [1.807, 2.05) is 0 Å². The summed E-state index contributed by atoms with van der Waals surface area (Å²) in [5, 5.41) is 47.9. The van der Waals surface area contributed by atoms with Crippen molar-refractivity contribution < 1.29 is 44.3 Å². The van der Waals surface area contributed by atoms with Crippen molar-refractivity contribution in [2.75, 3.05) is 19.8 Å². The van der Waals surface area contributed by atoms with E-state index < -0.39 is 48.0 Å². The second-order valence-corrected chi connectivity index (χ2v) is 18.1. The summed E-state index contributed by atoms with van der Waals surface area (Å²) in [7, 11) is -5.22. The van der Waals surface area contributed by atoms with E-state index in [0.29, 0.717) is 0 Å². The summed E-state index contributed by atoms with van der Waals surface area (Å²) in [6.07, 6.45) is 3.30. The number of benzene rings is 2. The molecule has 0 unspecified atom stereocenters. The minimum absolute atomic E-state index is 0.342. The van der Waals surface area contributed by atoms with Gasteiger partial charge in [0.15, 0.2) is 0 Å². The van der Waals surface area contributed by atoms with Crippen molar-refractivity contribution in [3.8, 4) is 0 Å². The van der Waals surface area contributed by atoms with Gasteiger partial charge in [0.2, 0.25) is 0 Å². The average molecular weight is 743 g/mol. The van der Waals surface area contributed by atoms with Crippen molar-refractivity contribution in [1.29, 1.82) is 0 Å². The predicted octanol–water partition coefficient (Wildman–Crippen LogP) is 7.68. The maximum atomic E-state index is 14.1. The lowest BCUT2D eigenvalue weighted by atomic mass is 9.55. The van der Waals surface area contributed by atoms with E-state index in [0.717, 1.165) is 70.2 Å². The van der Waals surface area contributed by atoms with Crippen molar-refractivity contribution in [3.63, 3.8) is 0 Å². The van der Waals surface area contributed by atoms with E-state index in [-0.39, 0.29) is 21.7 Å². The van der Waals surface area contributed by atoms with E-state index in [1.165, 1.54) is 0 Å². The lowest BCUT2D eigenvalue weighted by Crippen LogP contribution is -2.57. The number of hydrogen-bond donors (Lipinski definition) is 8. The third-order valence-electron chi connectivity index (χ3n) is 11.6. The molecule has 2 aromatic carbocycles. The van der Waals surface area contributed by atoms with Gasteiger partial charge in [-0.2, -0.15) is 0 Å². The van der Waals surface area contributed by atoms with Gasteiger partial charge in [-0.3, -0.25) is 0 Å². The Balaban J connectivity index is 0.00000161. The Kier molecular flexibility index (Phi) is 16.8. The van der Waals surface area contributed by atoms with E-state index in [2.05, 4.69) is 126 Å². The zero-order valence-electron chi connectivity index (χ0n) is 33.1. The fourth-order valence-electron chi connectivity index (χ4n) is 6.46. The molecule has 0 radical (unpaired) electrons. The first-order chi connectivity index (χ1) is 22.8. The number of aliphatic hydroxyl groups excluding tert-OH is 3. The highest BCUT2D eigenvalue weighted by atomic mass is 31.2. The molecule has 0 aliphatic rings. The standard InChI is InChI=1S/C39H64O4.H4O5P2/c1-15-34(7,8)28-19-26(5)20-29(35(9,10)16-2)32(28)39(43,38(23-40,24-41)25-42)33-30(36(11,12)17-3)21-27(6)22-31(33)37(13,14)18-4;1-6(2)5-7(3)4/h19-22,40-43H,15-18,23-25H2,1-14H3;1-4H. The molecule has 2 rings (SSSR count). The summed E-state index contributed by atoms with van der Waals surface area (Å²) >= 11 is 0. The fraction of sp³-hybridized carbons (Fsp3) is 0.692. The summed E-state index contributed by atoms with van der Waals surface area (Å²) in [5.74, 6) is 0. The normalized spacial score (nSPS) is 13.6. The van der Waals surface area contributed by atoms with Crippen molar-refractivity contribution in [3.05, 3.63) is 68.8 Å². The molecule has 11 heteroatoms. The molecule has 9 nitrogen and oxygen atoms in total. The largest absolute Gasteiger partial charge is 0.395 e. The number of hydrogen-bond acceptors (Lipinski definition) is 9. The van der Waals surface area contributed by atoms with Gasteiger partial charge in [0.1, 0.15) is 5.60 Å². The Labute approximate surface area is 304 Å². The van der Waals surface area contributed by atoms with Crippen molar-refractivity contribution in [2.45, 2.75) is 150 Å². The summed E-state index contributed by atoms with van der Waals surface area (Å²) in [6.45, 7) is 28.7. The first-order valence-electron chi connectivity index (χ1n) is 17.7. The second-order valence-electron chi connectivity index (χ2n) is 16.5. The molecule has 0 heterocycles. The van der Waals surface area contributed by atoms with E-state index >= 15 is 0 Å². The molecule has 0 aliphatic carbocycles. The Bertz CT molecular complexity index is 1220. The van der Waals surface area contributed by atoms with E-state index in [1.54, 1.807) is 0 Å². The first-order valence-corrected chi connectivity index (χ1v) is 20.0. The van der Waals surface area contributed by atoms with Crippen LogP contribution >= 0.6 is 17.2 Å². The van der Waals surface area contributed by atoms with Gasteiger partial charge in [0, 0.05) is 0 Å². The smallest absolute Gasteiger partial charge is 0.334 e. The van der Waals surface area contributed by atoms with Crippen LogP contribution in [0.2, 0.25) is 0 Å². The molecule has 2 aromatic rings. The molecular weight excluding hydrogens is 674 g/mol. The Morgan fingerprint density at radius 2 is 0.720 bits per heavy atom. The van der Waals surface area contributed by atoms with Gasteiger partial charge < -0.3 is 40.0 Å². The summed E-state index contributed by atoms with van der Waals surface area (Å²) < 4.78 is 3.60. The molecule has 0 atom stereocenters. The van der Waals surface area contributed by atoms with Crippen LogP contribution in [0, 0.1) is 19.3 Å². The average Bonchev–Trinajstić information content (AvgIpc) is 3.04. The molecule has 288 valence electrons. The predicted molar refractivity (Wildman–Crippen MR) is 206 cm³/mol. The van der Waals surface area contributed by atoms with Crippen LogP contribution in [0.15, 0.2) is 24.3 Å². The Morgan fingerprint density at radius 1 is 0.500 bits per heavy atom. The molecule has 0 saturated heterocycles. The third kappa shape index (κ3) is 9.72. The van der Waals surface area contributed by atoms with Gasteiger partial charge in [0.05, 0.1) is 25.2 Å². The highest BCUT2D eigenvalue weighted by molar-refractivity contribution is 7.53. The van der Waals surface area contributed by atoms with Gasteiger partial charge in [-0.1, -0.05) is 118 Å². The van der Waals surface area contributed by atoms with Crippen molar-refractivity contribution >= 4 is 17.2 Å². The van der Waals surface area contributed by atoms with Crippen LogP contribution in [-0.2, 0) is 31.6 Å². The van der Waals surface area contributed by atoms with Crippen LogP contribution in [0.1, 0.15) is 153 Å². The van der Waals surface area contributed by atoms with Crippen molar-refractivity contribution in [2.24, 2.45) is 5.41 Å². The molecule has 0 saturated carbocycles. The van der Waals surface area contributed by atoms with E-state index in [9.17, 15) is 20.4 Å². The topological polar surface area (TPSA) is 171 Å². The maximum Gasteiger partial charge on any atom is 0.334 e. The van der Waals surface area contributed by atoms with Gasteiger partial charge in [0.25, 0.3) is 0 Å². The highest BCUT2D eigenvalue weighted by Gasteiger charge is 2.58. The van der Waals surface area contributed by atoms with Crippen LogP contribution in [0.5, 0.6) is 0 Å². The van der Waals surface area contributed by atoms with Gasteiger partial charge >= 0.3 is 17.2 Å². The van der Waals surface area contributed by atoms with Gasteiger partial charge in [-0.25, -0.2) is 4.31 Å². The lowest BCUT2D eigenvalue weighted by molar-refractivity contribution is -0.138. The summed E-state index contributed by atoms with van der Waals surface area (Å²) in [5.41, 5.74) is 2.66. The maximum absolute atomic E-state index is 14.1. The van der Waals surface area contributed by atoms with Gasteiger partial charge in [-0.05, 0) is 94.6 Å². The molecule has 8 N–H and O–H groups in total. The molecule has 50 heavy (non-hydrogen) atoms. The molecule has 0 amide bonds. The highest BCUT2D eigenvalue weighted by Crippen LogP contribution is 2.57. The molecule has 0 fully saturated rings. The first kappa shape index (κ1) is 47.0. The lowest BCUT2D eigenvalue weighted by Gasteiger charge is -2.52. The number of rotatable bonds is 16. The Morgan fingerprint density at radius 3 is 0.860 bits per heavy atom. The number of aryl methyl sites for hydroxylation is 2. The van der Waals surface area contributed by atoms with Gasteiger partial charge in [-0.15, -0.1) is 0 Å². The minimum atomic E-state index is -2.61. The summed E-state index contributed by atoms with van der Waals surface area (Å²) in [6, 6.07) is 8.72. The molecular formula is C39H68O9P2.